The lowest BCUT2D eigenvalue weighted by Gasteiger charge is -2.12. The number of amides is 3. The van der Waals surface area contributed by atoms with Crippen molar-refractivity contribution in [3.05, 3.63) is 29.3 Å². The monoisotopic (exact) mass is 264 g/mol. The molecule has 1 aromatic carbocycles. The van der Waals surface area contributed by atoms with Gasteiger partial charge in [0.1, 0.15) is 0 Å². The summed E-state index contributed by atoms with van der Waals surface area (Å²) in [6, 6.07) is 5.09. The van der Waals surface area contributed by atoms with E-state index in [1.807, 2.05) is 13.0 Å². The van der Waals surface area contributed by atoms with Crippen LogP contribution in [0.1, 0.15) is 15.9 Å². The van der Waals surface area contributed by atoms with E-state index in [0.29, 0.717) is 24.3 Å². The SMILES string of the molecule is Cc1ccc(C(=O)NCCNC(=O)N(C)C)c(N)c1. The van der Waals surface area contributed by atoms with Gasteiger partial charge in [0.2, 0.25) is 0 Å². The summed E-state index contributed by atoms with van der Waals surface area (Å²) in [4.78, 5) is 24.5. The van der Waals surface area contributed by atoms with Crippen LogP contribution >= 0.6 is 0 Å². The van der Waals surface area contributed by atoms with E-state index >= 15 is 0 Å². The number of urea groups is 1. The molecule has 0 saturated heterocycles. The Hall–Kier alpha value is -2.24. The number of hydrogen-bond acceptors (Lipinski definition) is 3. The fourth-order valence-electron chi connectivity index (χ4n) is 1.49. The molecule has 19 heavy (non-hydrogen) atoms. The number of carbonyl (C=O) groups is 2. The lowest BCUT2D eigenvalue weighted by atomic mass is 10.1. The highest BCUT2D eigenvalue weighted by Crippen LogP contribution is 2.13. The lowest BCUT2D eigenvalue weighted by Crippen LogP contribution is -2.39. The van der Waals surface area contributed by atoms with Crippen LogP contribution in [0.5, 0.6) is 0 Å². The molecule has 0 aliphatic carbocycles. The van der Waals surface area contributed by atoms with E-state index in [1.54, 1.807) is 26.2 Å². The Bertz CT molecular complexity index is 472. The summed E-state index contributed by atoms with van der Waals surface area (Å²) < 4.78 is 0. The van der Waals surface area contributed by atoms with Gasteiger partial charge in [-0.1, -0.05) is 6.07 Å². The van der Waals surface area contributed by atoms with Crippen molar-refractivity contribution in [2.24, 2.45) is 0 Å². The molecular formula is C13H20N4O2. The maximum absolute atomic E-state index is 11.8. The van der Waals surface area contributed by atoms with Gasteiger partial charge in [-0.3, -0.25) is 4.79 Å². The van der Waals surface area contributed by atoms with Crippen LogP contribution < -0.4 is 16.4 Å². The van der Waals surface area contributed by atoms with E-state index in [0.717, 1.165) is 5.56 Å². The fraction of sp³-hybridized carbons (Fsp3) is 0.385. The number of rotatable bonds is 4. The minimum atomic E-state index is -0.239. The summed E-state index contributed by atoms with van der Waals surface area (Å²) in [5, 5.41) is 5.36. The van der Waals surface area contributed by atoms with E-state index in [2.05, 4.69) is 10.6 Å². The highest BCUT2D eigenvalue weighted by Gasteiger charge is 2.09. The molecule has 0 unspecified atom stereocenters. The van der Waals surface area contributed by atoms with Crippen molar-refractivity contribution in [2.75, 3.05) is 32.9 Å². The number of carbonyl (C=O) groups excluding carboxylic acids is 2. The van der Waals surface area contributed by atoms with Crippen molar-refractivity contribution in [3.8, 4) is 0 Å². The second-order valence-corrected chi connectivity index (χ2v) is 4.47. The van der Waals surface area contributed by atoms with Crippen molar-refractivity contribution >= 4 is 17.6 Å². The summed E-state index contributed by atoms with van der Waals surface area (Å²) in [6.45, 7) is 2.63. The van der Waals surface area contributed by atoms with E-state index in [4.69, 9.17) is 5.73 Å². The quantitative estimate of drug-likeness (QED) is 0.549. The van der Waals surface area contributed by atoms with Crippen molar-refractivity contribution in [2.45, 2.75) is 6.92 Å². The molecule has 0 bridgehead atoms. The molecule has 1 rings (SSSR count). The average molecular weight is 264 g/mol. The van der Waals surface area contributed by atoms with Gasteiger partial charge in [-0.05, 0) is 24.6 Å². The molecule has 104 valence electrons. The zero-order valence-corrected chi connectivity index (χ0v) is 11.5. The second-order valence-electron chi connectivity index (χ2n) is 4.47. The molecule has 6 heteroatoms. The number of nitrogen functional groups attached to an aromatic ring is 1. The van der Waals surface area contributed by atoms with E-state index in [-0.39, 0.29) is 11.9 Å². The van der Waals surface area contributed by atoms with E-state index in [9.17, 15) is 9.59 Å². The number of nitrogens with zero attached hydrogens (tertiary/aromatic N) is 1. The van der Waals surface area contributed by atoms with Crippen LogP contribution in [-0.2, 0) is 0 Å². The first-order chi connectivity index (χ1) is 8.91. The maximum Gasteiger partial charge on any atom is 0.316 e. The van der Waals surface area contributed by atoms with Crippen molar-refractivity contribution in [1.29, 1.82) is 0 Å². The summed E-state index contributed by atoms with van der Waals surface area (Å²) in [7, 11) is 3.31. The van der Waals surface area contributed by atoms with Crippen LogP contribution in [0.2, 0.25) is 0 Å². The van der Waals surface area contributed by atoms with Crippen molar-refractivity contribution in [1.82, 2.24) is 15.5 Å². The third-order valence-corrected chi connectivity index (χ3v) is 2.54. The summed E-state index contributed by atoms with van der Waals surface area (Å²) in [5.41, 5.74) is 7.69. The zero-order chi connectivity index (χ0) is 14.4. The highest BCUT2D eigenvalue weighted by molar-refractivity contribution is 5.99. The summed E-state index contributed by atoms with van der Waals surface area (Å²) >= 11 is 0. The molecule has 0 heterocycles. The molecule has 0 atom stereocenters. The van der Waals surface area contributed by atoms with Gasteiger partial charge in [-0.15, -0.1) is 0 Å². The molecule has 0 aromatic heterocycles. The number of anilines is 1. The molecular weight excluding hydrogens is 244 g/mol. The van der Waals surface area contributed by atoms with Gasteiger partial charge < -0.3 is 21.3 Å². The second kappa shape index (κ2) is 6.63. The third kappa shape index (κ3) is 4.50. The first kappa shape index (κ1) is 14.8. The fourth-order valence-corrected chi connectivity index (χ4v) is 1.49. The minimum Gasteiger partial charge on any atom is -0.398 e. The van der Waals surface area contributed by atoms with Gasteiger partial charge in [-0.2, -0.15) is 0 Å². The molecule has 0 spiro atoms. The van der Waals surface area contributed by atoms with Crippen LogP contribution in [-0.4, -0.2) is 44.0 Å². The van der Waals surface area contributed by atoms with Gasteiger partial charge in [-0.25, -0.2) is 4.79 Å². The van der Waals surface area contributed by atoms with Crippen LogP contribution in [0.15, 0.2) is 18.2 Å². The molecule has 4 N–H and O–H groups in total. The van der Waals surface area contributed by atoms with Crippen molar-refractivity contribution < 1.29 is 9.59 Å². The molecule has 3 amide bonds. The highest BCUT2D eigenvalue weighted by atomic mass is 16.2. The van der Waals surface area contributed by atoms with Gasteiger partial charge in [0.05, 0.1) is 5.56 Å². The van der Waals surface area contributed by atoms with Crippen LogP contribution in [0.3, 0.4) is 0 Å². The third-order valence-electron chi connectivity index (χ3n) is 2.54. The topological polar surface area (TPSA) is 87.5 Å². The van der Waals surface area contributed by atoms with E-state index in [1.165, 1.54) is 4.90 Å². The Kier molecular flexibility index (Phi) is 5.17. The molecule has 0 radical (unpaired) electrons. The summed E-state index contributed by atoms with van der Waals surface area (Å²) in [6.07, 6.45) is 0. The molecule has 0 aliphatic heterocycles. The predicted octanol–water partition coefficient (Wildman–Crippen LogP) is 0.578. The van der Waals surface area contributed by atoms with Gasteiger partial charge >= 0.3 is 6.03 Å². The number of nitrogens with one attached hydrogen (secondary N) is 2. The van der Waals surface area contributed by atoms with Gasteiger partial charge in [0.25, 0.3) is 5.91 Å². The van der Waals surface area contributed by atoms with Gasteiger partial charge in [0.15, 0.2) is 0 Å². The molecule has 1 aromatic rings. The molecule has 0 aliphatic rings. The van der Waals surface area contributed by atoms with Crippen LogP contribution in [0.4, 0.5) is 10.5 Å². The largest absolute Gasteiger partial charge is 0.398 e. The number of benzene rings is 1. The molecule has 6 nitrogen and oxygen atoms in total. The Balaban J connectivity index is 2.41. The van der Waals surface area contributed by atoms with Crippen molar-refractivity contribution in [3.63, 3.8) is 0 Å². The normalized spacial score (nSPS) is 9.84. The van der Waals surface area contributed by atoms with E-state index < -0.39 is 0 Å². The predicted molar refractivity (Wildman–Crippen MR) is 75.0 cm³/mol. The smallest absolute Gasteiger partial charge is 0.316 e. The first-order valence-electron chi connectivity index (χ1n) is 6.01. The maximum atomic E-state index is 11.8. The average Bonchev–Trinajstić information content (AvgIpc) is 2.33. The Morgan fingerprint density at radius 1 is 1.21 bits per heavy atom. The number of nitrogens with two attached hydrogens (primary N) is 1. The number of hydrogen-bond donors (Lipinski definition) is 3. The molecule has 0 fully saturated rings. The Morgan fingerprint density at radius 2 is 1.84 bits per heavy atom. The Morgan fingerprint density at radius 3 is 2.42 bits per heavy atom. The number of aryl methyl sites for hydroxylation is 1. The first-order valence-corrected chi connectivity index (χ1v) is 6.01. The zero-order valence-electron chi connectivity index (χ0n) is 11.5. The minimum absolute atomic E-state index is 0.191. The lowest BCUT2D eigenvalue weighted by molar-refractivity contribution is 0.0954. The van der Waals surface area contributed by atoms with Crippen LogP contribution in [0, 0.1) is 6.92 Å². The molecule has 0 saturated carbocycles. The van der Waals surface area contributed by atoms with Crippen LogP contribution in [0.25, 0.3) is 0 Å². The Labute approximate surface area is 113 Å². The standard InChI is InChI=1S/C13H20N4O2/c1-9-4-5-10(11(14)8-9)12(18)15-6-7-16-13(19)17(2)3/h4-5,8H,6-7,14H2,1-3H3,(H,15,18)(H,16,19). The van der Waals surface area contributed by atoms with Gasteiger partial charge in [0, 0.05) is 32.9 Å². The summed E-state index contributed by atoms with van der Waals surface area (Å²) in [5.74, 6) is -0.239.